The summed E-state index contributed by atoms with van der Waals surface area (Å²) in [6, 6.07) is -0.757. The number of nitrogens with two attached hydrogens (primary N) is 1. The van der Waals surface area contributed by atoms with Gasteiger partial charge in [-0.3, -0.25) is 10.1 Å². The van der Waals surface area contributed by atoms with Gasteiger partial charge in [0.15, 0.2) is 0 Å². The number of urea groups is 1. The predicted molar refractivity (Wildman–Crippen MR) is 60.3 cm³/mol. The summed E-state index contributed by atoms with van der Waals surface area (Å²) in [5.74, 6) is -0.309. The molecule has 0 aliphatic rings. The summed E-state index contributed by atoms with van der Waals surface area (Å²) < 4.78 is 0. The quantitative estimate of drug-likeness (QED) is 0.637. The zero-order valence-electron chi connectivity index (χ0n) is 9.71. The largest absolute Gasteiger partial charge is 0.351 e. The number of nitrogens with one attached hydrogen (secondary N) is 1. The number of carbonyl (C=O) groups is 2. The lowest BCUT2D eigenvalue weighted by Crippen LogP contribution is -2.39. The van der Waals surface area contributed by atoms with Crippen LogP contribution in [0.5, 0.6) is 0 Å². The smallest absolute Gasteiger partial charge is 0.318 e. The summed E-state index contributed by atoms with van der Waals surface area (Å²) in [7, 11) is 0. The number of carbonyl (C=O) groups excluding carboxylic acids is 2. The SMILES string of the molecule is CCCCCC[C@H](CC)C(=O)NC(N)=O. The molecule has 0 fully saturated rings. The molecule has 0 radical (unpaired) electrons. The van der Waals surface area contributed by atoms with Crippen molar-refractivity contribution in [2.24, 2.45) is 11.7 Å². The van der Waals surface area contributed by atoms with Crippen molar-refractivity contribution < 1.29 is 9.59 Å². The number of unbranched alkanes of at least 4 members (excludes halogenated alkanes) is 3. The first-order valence-electron chi connectivity index (χ1n) is 5.72. The Balaban J connectivity index is 3.80. The van der Waals surface area contributed by atoms with Crippen molar-refractivity contribution in [1.29, 1.82) is 0 Å². The monoisotopic (exact) mass is 214 g/mol. The van der Waals surface area contributed by atoms with Crippen LogP contribution in [0.3, 0.4) is 0 Å². The Labute approximate surface area is 91.6 Å². The van der Waals surface area contributed by atoms with Crippen LogP contribution in [0.1, 0.15) is 52.4 Å². The lowest BCUT2D eigenvalue weighted by atomic mass is 9.97. The topological polar surface area (TPSA) is 72.2 Å². The maximum Gasteiger partial charge on any atom is 0.318 e. The molecule has 0 aromatic carbocycles. The molecule has 0 aliphatic heterocycles. The van der Waals surface area contributed by atoms with Crippen LogP contribution in [-0.4, -0.2) is 11.9 Å². The van der Waals surface area contributed by atoms with Crippen molar-refractivity contribution in [2.45, 2.75) is 52.4 Å². The molecule has 88 valence electrons. The van der Waals surface area contributed by atoms with E-state index in [1.807, 2.05) is 6.92 Å². The average Bonchev–Trinajstić information content (AvgIpc) is 2.16. The second-order valence-corrected chi connectivity index (χ2v) is 3.81. The molecular formula is C11H22N2O2. The molecule has 4 heteroatoms. The van der Waals surface area contributed by atoms with Crippen molar-refractivity contribution in [1.82, 2.24) is 5.32 Å². The van der Waals surface area contributed by atoms with E-state index >= 15 is 0 Å². The number of imide groups is 1. The third-order valence-corrected chi connectivity index (χ3v) is 2.52. The predicted octanol–water partition coefficient (Wildman–Crippen LogP) is 2.18. The molecule has 3 N–H and O–H groups in total. The second kappa shape index (κ2) is 8.26. The Kier molecular flexibility index (Phi) is 7.68. The summed E-state index contributed by atoms with van der Waals surface area (Å²) in [6.07, 6.45) is 6.17. The molecule has 4 nitrogen and oxygen atoms in total. The first-order valence-corrected chi connectivity index (χ1v) is 5.72. The zero-order valence-corrected chi connectivity index (χ0v) is 9.71. The Morgan fingerprint density at radius 1 is 1.20 bits per heavy atom. The first-order chi connectivity index (χ1) is 7.11. The molecule has 15 heavy (non-hydrogen) atoms. The van der Waals surface area contributed by atoms with Crippen LogP contribution in [0, 0.1) is 5.92 Å². The molecule has 0 aromatic heterocycles. The highest BCUT2D eigenvalue weighted by atomic mass is 16.2. The van der Waals surface area contributed by atoms with Crippen LogP contribution < -0.4 is 11.1 Å². The normalized spacial score (nSPS) is 12.1. The van der Waals surface area contributed by atoms with Gasteiger partial charge in [-0.2, -0.15) is 0 Å². The molecule has 0 saturated carbocycles. The van der Waals surface area contributed by atoms with Gasteiger partial charge in [-0.1, -0.05) is 39.5 Å². The number of hydrogen-bond acceptors (Lipinski definition) is 2. The fourth-order valence-corrected chi connectivity index (χ4v) is 1.56. The highest BCUT2D eigenvalue weighted by molar-refractivity contribution is 5.94. The molecule has 0 bridgehead atoms. The van der Waals surface area contributed by atoms with E-state index in [0.29, 0.717) is 0 Å². The Morgan fingerprint density at radius 2 is 1.87 bits per heavy atom. The number of rotatable bonds is 7. The molecule has 0 aliphatic carbocycles. The van der Waals surface area contributed by atoms with Crippen LogP contribution >= 0.6 is 0 Å². The Hall–Kier alpha value is -1.06. The molecule has 0 aromatic rings. The van der Waals surface area contributed by atoms with Gasteiger partial charge in [0.2, 0.25) is 5.91 Å². The summed E-state index contributed by atoms with van der Waals surface area (Å²) in [5.41, 5.74) is 4.89. The number of hydrogen-bond donors (Lipinski definition) is 2. The summed E-state index contributed by atoms with van der Waals surface area (Å²) in [5, 5.41) is 2.13. The van der Waals surface area contributed by atoms with Gasteiger partial charge in [0.1, 0.15) is 0 Å². The molecule has 0 spiro atoms. The maximum atomic E-state index is 11.4. The van der Waals surface area contributed by atoms with E-state index in [4.69, 9.17) is 5.73 Å². The number of amides is 3. The van der Waals surface area contributed by atoms with E-state index in [9.17, 15) is 9.59 Å². The summed E-state index contributed by atoms with van der Waals surface area (Å²) in [4.78, 5) is 21.9. The van der Waals surface area contributed by atoms with Crippen LogP contribution in [0.2, 0.25) is 0 Å². The molecule has 0 unspecified atom stereocenters. The number of primary amides is 1. The average molecular weight is 214 g/mol. The zero-order chi connectivity index (χ0) is 11.7. The lowest BCUT2D eigenvalue weighted by Gasteiger charge is -2.12. The standard InChI is InChI=1S/C11H22N2O2/c1-3-5-6-7-8-9(4-2)10(14)13-11(12)15/h9H,3-8H2,1-2H3,(H3,12,13,14,15)/t9-/m0/s1. The van der Waals surface area contributed by atoms with E-state index in [2.05, 4.69) is 12.2 Å². The van der Waals surface area contributed by atoms with Crippen LogP contribution in [0.15, 0.2) is 0 Å². The van der Waals surface area contributed by atoms with E-state index < -0.39 is 6.03 Å². The van der Waals surface area contributed by atoms with Crippen molar-refractivity contribution in [3.63, 3.8) is 0 Å². The van der Waals surface area contributed by atoms with E-state index in [-0.39, 0.29) is 11.8 Å². The Morgan fingerprint density at radius 3 is 2.33 bits per heavy atom. The van der Waals surface area contributed by atoms with Gasteiger partial charge in [0.05, 0.1) is 0 Å². The third kappa shape index (κ3) is 6.94. The maximum absolute atomic E-state index is 11.4. The van der Waals surface area contributed by atoms with Crippen LogP contribution in [0.4, 0.5) is 4.79 Å². The molecule has 0 rings (SSSR count). The van der Waals surface area contributed by atoms with Crippen molar-refractivity contribution >= 4 is 11.9 Å². The molecule has 0 saturated heterocycles. The van der Waals surface area contributed by atoms with Gasteiger partial charge in [0, 0.05) is 5.92 Å². The van der Waals surface area contributed by atoms with Gasteiger partial charge in [-0.05, 0) is 12.8 Å². The van der Waals surface area contributed by atoms with E-state index in [1.165, 1.54) is 12.8 Å². The van der Waals surface area contributed by atoms with Crippen LogP contribution in [0.25, 0.3) is 0 Å². The molecule has 3 amide bonds. The van der Waals surface area contributed by atoms with Gasteiger partial charge >= 0.3 is 6.03 Å². The molecule has 0 heterocycles. The minimum Gasteiger partial charge on any atom is -0.351 e. The first kappa shape index (κ1) is 13.9. The Bertz CT molecular complexity index is 205. The highest BCUT2D eigenvalue weighted by Crippen LogP contribution is 2.14. The van der Waals surface area contributed by atoms with E-state index in [1.54, 1.807) is 0 Å². The second-order valence-electron chi connectivity index (χ2n) is 3.81. The summed E-state index contributed by atoms with van der Waals surface area (Å²) in [6.45, 7) is 4.10. The van der Waals surface area contributed by atoms with E-state index in [0.717, 1.165) is 25.7 Å². The van der Waals surface area contributed by atoms with Crippen molar-refractivity contribution in [3.05, 3.63) is 0 Å². The van der Waals surface area contributed by atoms with Gasteiger partial charge in [-0.15, -0.1) is 0 Å². The molecular weight excluding hydrogens is 192 g/mol. The highest BCUT2D eigenvalue weighted by Gasteiger charge is 2.16. The minimum absolute atomic E-state index is 0.0747. The molecule has 1 atom stereocenters. The third-order valence-electron chi connectivity index (χ3n) is 2.52. The van der Waals surface area contributed by atoms with Crippen molar-refractivity contribution in [3.8, 4) is 0 Å². The van der Waals surface area contributed by atoms with Crippen molar-refractivity contribution in [2.75, 3.05) is 0 Å². The van der Waals surface area contributed by atoms with Gasteiger partial charge in [-0.25, -0.2) is 4.79 Å². The van der Waals surface area contributed by atoms with Gasteiger partial charge in [0.25, 0.3) is 0 Å². The van der Waals surface area contributed by atoms with Gasteiger partial charge < -0.3 is 5.73 Å². The van der Waals surface area contributed by atoms with Crippen LogP contribution in [-0.2, 0) is 4.79 Å². The minimum atomic E-state index is -0.757. The fourth-order valence-electron chi connectivity index (χ4n) is 1.56. The summed E-state index contributed by atoms with van der Waals surface area (Å²) >= 11 is 0. The fraction of sp³-hybridized carbons (Fsp3) is 0.818. The lowest BCUT2D eigenvalue weighted by molar-refractivity contribution is -0.124.